The molecule has 0 bridgehead atoms. The summed E-state index contributed by atoms with van der Waals surface area (Å²) in [5.41, 5.74) is 10.4. The van der Waals surface area contributed by atoms with Gasteiger partial charge in [0.25, 0.3) is 0 Å². The average Bonchev–Trinajstić information content (AvgIpc) is 2.61. The van der Waals surface area contributed by atoms with Crippen molar-refractivity contribution in [2.24, 2.45) is 5.11 Å². The van der Waals surface area contributed by atoms with Crippen molar-refractivity contribution in [1.29, 1.82) is 0 Å². The maximum atomic E-state index is 12.2. The van der Waals surface area contributed by atoms with Crippen LogP contribution < -0.4 is 4.74 Å². The topological polar surface area (TPSA) is 92.1 Å². The first kappa shape index (κ1) is 17.7. The lowest BCUT2D eigenvalue weighted by Crippen LogP contribution is -2.08. The molecule has 0 spiro atoms. The van der Waals surface area contributed by atoms with Crippen molar-refractivity contribution in [1.82, 2.24) is 0 Å². The third kappa shape index (κ3) is 5.20. The Balaban J connectivity index is 2.03. The summed E-state index contributed by atoms with van der Waals surface area (Å²) in [6.45, 7) is 5.06. The van der Waals surface area contributed by atoms with Gasteiger partial charge in [-0.15, -0.1) is 0 Å². The highest BCUT2D eigenvalue weighted by Gasteiger charge is 2.06. The van der Waals surface area contributed by atoms with Crippen LogP contribution in [-0.2, 0) is 4.79 Å². The standard InChI is InChI=1S/C19H15N3O3/c1-13(2)19(24)25-17-10-6-15(7-11-17)18(23)12-5-14-3-8-16(9-4-14)21-22-20/h3-12H,1H2,2H3. The van der Waals surface area contributed by atoms with E-state index in [-0.39, 0.29) is 5.78 Å². The van der Waals surface area contributed by atoms with E-state index in [4.69, 9.17) is 10.3 Å². The molecule has 0 saturated heterocycles. The maximum absolute atomic E-state index is 12.2. The summed E-state index contributed by atoms with van der Waals surface area (Å²) in [7, 11) is 0. The summed E-state index contributed by atoms with van der Waals surface area (Å²) < 4.78 is 5.07. The van der Waals surface area contributed by atoms with Crippen LogP contribution in [0.5, 0.6) is 5.75 Å². The minimum Gasteiger partial charge on any atom is -0.423 e. The molecule has 0 heterocycles. The van der Waals surface area contributed by atoms with Gasteiger partial charge < -0.3 is 4.74 Å². The maximum Gasteiger partial charge on any atom is 0.338 e. The number of carbonyl (C=O) groups excluding carboxylic acids is 2. The van der Waals surface area contributed by atoms with Crippen LogP contribution >= 0.6 is 0 Å². The van der Waals surface area contributed by atoms with Crippen molar-refractivity contribution in [3.05, 3.63) is 88.3 Å². The summed E-state index contributed by atoms with van der Waals surface area (Å²) in [6.07, 6.45) is 3.11. The van der Waals surface area contributed by atoms with Gasteiger partial charge in [0, 0.05) is 21.7 Å². The third-order valence-electron chi connectivity index (χ3n) is 3.18. The second-order valence-electron chi connectivity index (χ2n) is 5.17. The zero-order valence-corrected chi connectivity index (χ0v) is 13.5. The molecule has 0 N–H and O–H groups in total. The van der Waals surface area contributed by atoms with Crippen LogP contribution in [0.1, 0.15) is 22.8 Å². The molecule has 0 saturated carbocycles. The molecule has 0 aliphatic rings. The van der Waals surface area contributed by atoms with E-state index in [1.807, 2.05) is 0 Å². The number of hydrogen-bond donors (Lipinski definition) is 0. The fourth-order valence-corrected chi connectivity index (χ4v) is 1.85. The highest BCUT2D eigenvalue weighted by Crippen LogP contribution is 2.16. The first-order chi connectivity index (χ1) is 12.0. The van der Waals surface area contributed by atoms with Crippen LogP contribution in [0.25, 0.3) is 16.5 Å². The number of allylic oxidation sites excluding steroid dienone is 1. The van der Waals surface area contributed by atoms with Crippen molar-refractivity contribution < 1.29 is 14.3 Å². The van der Waals surface area contributed by atoms with E-state index in [0.29, 0.717) is 22.6 Å². The summed E-state index contributed by atoms with van der Waals surface area (Å²) in [4.78, 5) is 26.3. The number of ketones is 1. The molecule has 124 valence electrons. The number of benzene rings is 2. The van der Waals surface area contributed by atoms with Crippen LogP contribution in [0.3, 0.4) is 0 Å². The fourth-order valence-electron chi connectivity index (χ4n) is 1.85. The quantitative estimate of drug-likeness (QED) is 0.141. The summed E-state index contributed by atoms with van der Waals surface area (Å²) in [5.74, 6) is -0.345. The number of azide groups is 1. The van der Waals surface area contributed by atoms with Gasteiger partial charge in [-0.3, -0.25) is 4.79 Å². The van der Waals surface area contributed by atoms with E-state index in [1.165, 1.54) is 6.08 Å². The molecule has 0 aliphatic heterocycles. The van der Waals surface area contributed by atoms with Crippen molar-refractivity contribution >= 4 is 23.5 Å². The Morgan fingerprint density at radius 1 is 1.12 bits per heavy atom. The zero-order chi connectivity index (χ0) is 18.2. The minimum atomic E-state index is -0.511. The van der Waals surface area contributed by atoms with Gasteiger partial charge in [0.2, 0.25) is 0 Å². The number of ether oxygens (including phenoxy) is 1. The van der Waals surface area contributed by atoms with Crippen LogP contribution in [0.2, 0.25) is 0 Å². The average molecular weight is 333 g/mol. The van der Waals surface area contributed by atoms with Crippen molar-refractivity contribution in [2.75, 3.05) is 0 Å². The molecular weight excluding hydrogens is 318 g/mol. The van der Waals surface area contributed by atoms with Gasteiger partial charge in [0.15, 0.2) is 5.78 Å². The molecule has 0 unspecified atom stereocenters. The Kier molecular flexibility index (Phi) is 5.87. The molecular formula is C19H15N3O3. The Morgan fingerprint density at radius 2 is 1.76 bits per heavy atom. The van der Waals surface area contributed by atoms with E-state index in [2.05, 4.69) is 16.6 Å². The second-order valence-corrected chi connectivity index (χ2v) is 5.17. The number of carbonyl (C=O) groups is 2. The first-order valence-electron chi connectivity index (χ1n) is 7.35. The summed E-state index contributed by atoms with van der Waals surface area (Å²) in [6, 6.07) is 13.1. The highest BCUT2D eigenvalue weighted by molar-refractivity contribution is 6.06. The number of rotatable bonds is 6. The lowest BCUT2D eigenvalue weighted by molar-refractivity contribution is -0.130. The smallest absolute Gasteiger partial charge is 0.338 e. The Hall–Kier alpha value is -3.63. The lowest BCUT2D eigenvalue weighted by atomic mass is 10.1. The number of esters is 1. The summed E-state index contributed by atoms with van der Waals surface area (Å²) in [5, 5.41) is 3.48. The van der Waals surface area contributed by atoms with Gasteiger partial charge in [-0.05, 0) is 48.4 Å². The molecule has 0 aliphatic carbocycles. The SMILES string of the molecule is C=C(C)C(=O)Oc1ccc(C(=O)C=Cc2ccc(N=[N+]=[N-])cc2)cc1. The summed E-state index contributed by atoms with van der Waals surface area (Å²) >= 11 is 0. The largest absolute Gasteiger partial charge is 0.423 e. The fraction of sp³-hybridized carbons (Fsp3) is 0.0526. The Morgan fingerprint density at radius 3 is 2.32 bits per heavy atom. The Bertz CT molecular complexity index is 875. The normalized spacial score (nSPS) is 10.1. The first-order valence-corrected chi connectivity index (χ1v) is 7.35. The molecule has 6 nitrogen and oxygen atoms in total. The van der Waals surface area contributed by atoms with E-state index in [0.717, 1.165) is 5.56 Å². The van der Waals surface area contributed by atoms with E-state index in [1.54, 1.807) is 61.5 Å². The molecule has 0 atom stereocenters. The van der Waals surface area contributed by atoms with Crippen LogP contribution in [-0.4, -0.2) is 11.8 Å². The molecule has 0 radical (unpaired) electrons. The lowest BCUT2D eigenvalue weighted by Gasteiger charge is -2.04. The minimum absolute atomic E-state index is 0.183. The molecule has 0 amide bonds. The van der Waals surface area contributed by atoms with Gasteiger partial charge in [-0.2, -0.15) is 0 Å². The monoisotopic (exact) mass is 333 g/mol. The van der Waals surface area contributed by atoms with Gasteiger partial charge in [0.1, 0.15) is 5.75 Å². The molecule has 2 aromatic rings. The predicted molar refractivity (Wildman–Crippen MR) is 95.5 cm³/mol. The predicted octanol–water partition coefficient (Wildman–Crippen LogP) is 5.01. The zero-order valence-electron chi connectivity index (χ0n) is 13.5. The third-order valence-corrected chi connectivity index (χ3v) is 3.18. The van der Waals surface area contributed by atoms with Gasteiger partial charge >= 0.3 is 5.97 Å². The van der Waals surface area contributed by atoms with Crippen molar-refractivity contribution in [3.8, 4) is 5.75 Å². The van der Waals surface area contributed by atoms with Crippen LogP contribution in [0.4, 0.5) is 5.69 Å². The number of hydrogen-bond acceptors (Lipinski definition) is 4. The molecule has 2 rings (SSSR count). The molecule has 6 heteroatoms. The second kappa shape index (κ2) is 8.29. The van der Waals surface area contributed by atoms with E-state index in [9.17, 15) is 9.59 Å². The number of nitrogens with zero attached hydrogens (tertiary/aromatic N) is 3. The van der Waals surface area contributed by atoms with Crippen molar-refractivity contribution in [3.63, 3.8) is 0 Å². The van der Waals surface area contributed by atoms with Gasteiger partial charge in [-0.1, -0.05) is 42.0 Å². The Labute approximate surface area is 144 Å². The van der Waals surface area contributed by atoms with Crippen LogP contribution in [0.15, 0.2) is 71.9 Å². The van der Waals surface area contributed by atoms with Crippen molar-refractivity contribution in [2.45, 2.75) is 6.92 Å². The molecule has 0 aromatic heterocycles. The van der Waals surface area contributed by atoms with E-state index < -0.39 is 5.97 Å². The van der Waals surface area contributed by atoms with Crippen LogP contribution in [0, 0.1) is 0 Å². The van der Waals surface area contributed by atoms with Gasteiger partial charge in [0.05, 0.1) is 0 Å². The molecule has 25 heavy (non-hydrogen) atoms. The van der Waals surface area contributed by atoms with Gasteiger partial charge in [-0.25, -0.2) is 4.79 Å². The molecule has 2 aromatic carbocycles. The van der Waals surface area contributed by atoms with E-state index >= 15 is 0 Å². The molecule has 0 fully saturated rings. The highest BCUT2D eigenvalue weighted by atomic mass is 16.5.